The predicted octanol–water partition coefficient (Wildman–Crippen LogP) is 3.01. The summed E-state index contributed by atoms with van der Waals surface area (Å²) >= 11 is 1.41. The van der Waals surface area contributed by atoms with Crippen LogP contribution in [0.5, 0.6) is 0 Å². The third-order valence-corrected chi connectivity index (χ3v) is 3.32. The lowest BCUT2D eigenvalue weighted by Crippen LogP contribution is -2.33. The van der Waals surface area contributed by atoms with Gasteiger partial charge in [-0.25, -0.2) is 4.98 Å². The van der Waals surface area contributed by atoms with Crippen molar-refractivity contribution in [3.8, 4) is 0 Å². The first kappa shape index (κ1) is 21.9. The van der Waals surface area contributed by atoms with E-state index in [0.29, 0.717) is 6.54 Å². The van der Waals surface area contributed by atoms with Gasteiger partial charge in [0.1, 0.15) is 4.88 Å². The lowest BCUT2D eigenvalue weighted by atomic mass is 9.91. The summed E-state index contributed by atoms with van der Waals surface area (Å²) in [6, 6.07) is 0. The highest BCUT2D eigenvalue weighted by atomic mass is 35.5. The van der Waals surface area contributed by atoms with Crippen LogP contribution in [0.4, 0.5) is 0 Å². The van der Waals surface area contributed by atoms with Gasteiger partial charge in [-0.1, -0.05) is 27.7 Å². The third kappa shape index (κ3) is 6.88. The number of amides is 1. The maximum absolute atomic E-state index is 12.0. The van der Waals surface area contributed by atoms with Gasteiger partial charge in [0.15, 0.2) is 0 Å². The molecule has 1 aromatic heterocycles. The zero-order valence-electron chi connectivity index (χ0n) is 12.5. The molecule has 1 amide bonds. The lowest BCUT2D eigenvalue weighted by molar-refractivity contribution is 0.0955. The first-order chi connectivity index (χ1) is 8.46. The molecule has 0 saturated carbocycles. The van der Waals surface area contributed by atoms with E-state index in [1.807, 2.05) is 0 Å². The molecule has 2 N–H and O–H groups in total. The molecule has 0 saturated heterocycles. The van der Waals surface area contributed by atoms with E-state index in [4.69, 9.17) is 0 Å². The zero-order valence-corrected chi connectivity index (χ0v) is 14.9. The van der Waals surface area contributed by atoms with Crippen molar-refractivity contribution >= 4 is 42.1 Å². The number of nitrogens with zero attached hydrogens (tertiary/aromatic N) is 1. The minimum atomic E-state index is -0.0901. The molecule has 118 valence electrons. The molecule has 0 aliphatic carbocycles. The van der Waals surface area contributed by atoms with E-state index in [1.165, 1.54) is 11.3 Å². The van der Waals surface area contributed by atoms with Crippen molar-refractivity contribution in [2.45, 2.75) is 39.5 Å². The third-order valence-electron chi connectivity index (χ3n) is 2.50. The van der Waals surface area contributed by atoms with Gasteiger partial charge < -0.3 is 10.6 Å². The van der Waals surface area contributed by atoms with Crippen LogP contribution in [0.25, 0.3) is 0 Å². The second-order valence-electron chi connectivity index (χ2n) is 5.29. The number of hydrogen-bond donors (Lipinski definition) is 2. The molecule has 0 unspecified atom stereocenters. The minimum absolute atomic E-state index is 0. The van der Waals surface area contributed by atoms with Gasteiger partial charge in [0, 0.05) is 18.5 Å². The highest BCUT2D eigenvalue weighted by Gasteiger charge is 2.24. The quantitative estimate of drug-likeness (QED) is 0.782. The molecule has 20 heavy (non-hydrogen) atoms. The van der Waals surface area contributed by atoms with Gasteiger partial charge in [0.2, 0.25) is 0 Å². The Kier molecular flexibility index (Phi) is 11.4. The van der Waals surface area contributed by atoms with E-state index in [-0.39, 0.29) is 36.1 Å². The van der Waals surface area contributed by atoms with Crippen molar-refractivity contribution in [1.29, 1.82) is 0 Å². The van der Waals surface area contributed by atoms with Gasteiger partial charge in [-0.05, 0) is 13.0 Å². The Morgan fingerprint density at radius 3 is 2.45 bits per heavy atom. The fourth-order valence-corrected chi connectivity index (χ4v) is 2.50. The molecule has 1 aromatic rings. The van der Waals surface area contributed by atoms with Crippen molar-refractivity contribution in [1.82, 2.24) is 15.6 Å². The Balaban J connectivity index is 0. The van der Waals surface area contributed by atoms with Gasteiger partial charge in [0.05, 0.1) is 11.2 Å². The van der Waals surface area contributed by atoms with Crippen LogP contribution >= 0.6 is 36.2 Å². The standard InChI is InChI=1S/C13H23N3OS.2ClH/c1-5-6-14-7-8-15-12(17)10-11(13(2,3)4)16-9-18-10;;/h9,14H,5-8H2,1-4H3,(H,15,17);2*1H. The van der Waals surface area contributed by atoms with Crippen molar-refractivity contribution in [2.75, 3.05) is 19.6 Å². The summed E-state index contributed by atoms with van der Waals surface area (Å²) in [5.41, 5.74) is 2.53. The molecular weight excluding hydrogens is 317 g/mol. The van der Waals surface area contributed by atoms with E-state index < -0.39 is 0 Å². The van der Waals surface area contributed by atoms with Crippen LogP contribution in [0.3, 0.4) is 0 Å². The summed E-state index contributed by atoms with van der Waals surface area (Å²) in [7, 11) is 0. The number of aromatic nitrogens is 1. The summed E-state index contributed by atoms with van der Waals surface area (Å²) < 4.78 is 0. The predicted molar refractivity (Wildman–Crippen MR) is 90.8 cm³/mol. The molecule has 0 aliphatic rings. The van der Waals surface area contributed by atoms with Crippen LogP contribution in [-0.4, -0.2) is 30.5 Å². The molecule has 0 spiro atoms. The van der Waals surface area contributed by atoms with Crippen molar-refractivity contribution in [2.24, 2.45) is 0 Å². The summed E-state index contributed by atoms with van der Waals surface area (Å²) in [5, 5.41) is 6.18. The largest absolute Gasteiger partial charge is 0.350 e. The Labute approximate surface area is 138 Å². The molecule has 1 heterocycles. The molecule has 0 fully saturated rings. The summed E-state index contributed by atoms with van der Waals surface area (Å²) in [6.07, 6.45) is 1.11. The summed E-state index contributed by atoms with van der Waals surface area (Å²) in [6.45, 7) is 10.8. The average molecular weight is 342 g/mol. The number of nitrogens with one attached hydrogen (secondary N) is 2. The van der Waals surface area contributed by atoms with E-state index >= 15 is 0 Å². The molecular formula is C13H25Cl2N3OS. The highest BCUT2D eigenvalue weighted by Crippen LogP contribution is 2.26. The average Bonchev–Trinajstić information content (AvgIpc) is 2.77. The monoisotopic (exact) mass is 341 g/mol. The Morgan fingerprint density at radius 1 is 1.25 bits per heavy atom. The Hall–Kier alpha value is -0.360. The first-order valence-corrected chi connectivity index (χ1v) is 7.27. The van der Waals surface area contributed by atoms with Crippen molar-refractivity contribution < 1.29 is 4.79 Å². The number of carbonyl (C=O) groups excluding carboxylic acids is 1. The number of thiazole rings is 1. The number of halogens is 2. The summed E-state index contributed by atoms with van der Waals surface area (Å²) in [4.78, 5) is 17.1. The van der Waals surface area contributed by atoms with Crippen LogP contribution in [0.1, 0.15) is 49.5 Å². The second-order valence-corrected chi connectivity index (χ2v) is 6.14. The minimum Gasteiger partial charge on any atom is -0.350 e. The molecule has 4 nitrogen and oxygen atoms in total. The molecule has 0 radical (unpaired) electrons. The van der Waals surface area contributed by atoms with E-state index in [2.05, 4.69) is 43.3 Å². The number of hydrogen-bond acceptors (Lipinski definition) is 4. The first-order valence-electron chi connectivity index (χ1n) is 6.39. The Bertz CT molecular complexity index is 391. The van der Waals surface area contributed by atoms with Crippen molar-refractivity contribution in [3.63, 3.8) is 0 Å². The van der Waals surface area contributed by atoms with Gasteiger partial charge in [-0.15, -0.1) is 36.2 Å². The smallest absolute Gasteiger partial charge is 0.263 e. The van der Waals surface area contributed by atoms with E-state index in [0.717, 1.165) is 30.1 Å². The molecule has 0 bridgehead atoms. The van der Waals surface area contributed by atoms with Crippen LogP contribution in [-0.2, 0) is 5.41 Å². The van der Waals surface area contributed by atoms with Crippen LogP contribution in [0.15, 0.2) is 5.51 Å². The lowest BCUT2D eigenvalue weighted by Gasteiger charge is -2.17. The van der Waals surface area contributed by atoms with Gasteiger partial charge in [-0.3, -0.25) is 4.79 Å². The summed E-state index contributed by atoms with van der Waals surface area (Å²) in [5.74, 6) is -0.0132. The fourth-order valence-electron chi connectivity index (χ4n) is 1.59. The number of carbonyl (C=O) groups is 1. The molecule has 0 aliphatic heterocycles. The van der Waals surface area contributed by atoms with E-state index in [1.54, 1.807) is 5.51 Å². The van der Waals surface area contributed by atoms with Gasteiger partial charge >= 0.3 is 0 Å². The maximum Gasteiger partial charge on any atom is 0.263 e. The molecule has 0 aromatic carbocycles. The molecule has 1 rings (SSSR count). The normalized spacial score (nSPS) is 10.4. The van der Waals surface area contributed by atoms with Crippen LogP contribution in [0.2, 0.25) is 0 Å². The molecule has 7 heteroatoms. The second kappa shape index (κ2) is 10.4. The van der Waals surface area contributed by atoms with Crippen LogP contribution in [0, 0.1) is 0 Å². The van der Waals surface area contributed by atoms with Crippen LogP contribution < -0.4 is 10.6 Å². The van der Waals surface area contributed by atoms with E-state index in [9.17, 15) is 4.79 Å². The van der Waals surface area contributed by atoms with Gasteiger partial charge in [-0.2, -0.15) is 0 Å². The topological polar surface area (TPSA) is 54.0 Å². The fraction of sp³-hybridized carbons (Fsp3) is 0.692. The van der Waals surface area contributed by atoms with Gasteiger partial charge in [0.25, 0.3) is 5.91 Å². The van der Waals surface area contributed by atoms with Crippen molar-refractivity contribution in [3.05, 3.63) is 16.1 Å². The molecule has 0 atom stereocenters. The Morgan fingerprint density at radius 2 is 1.90 bits per heavy atom. The number of rotatable bonds is 6. The zero-order chi connectivity index (χ0) is 13.6. The highest BCUT2D eigenvalue weighted by molar-refractivity contribution is 7.11. The SMILES string of the molecule is CCCNCCNC(=O)c1scnc1C(C)(C)C.Cl.Cl. The maximum atomic E-state index is 12.0.